The molecule has 8 heteroatoms. The predicted molar refractivity (Wildman–Crippen MR) is 64.9 cm³/mol. The van der Waals surface area contributed by atoms with Crippen LogP contribution < -0.4 is 10.5 Å². The van der Waals surface area contributed by atoms with Crippen LogP contribution in [0.1, 0.15) is 17.3 Å². The summed E-state index contributed by atoms with van der Waals surface area (Å²) in [5.74, 6) is -0.835. The van der Waals surface area contributed by atoms with Gasteiger partial charge in [0.05, 0.1) is 11.5 Å². The van der Waals surface area contributed by atoms with Crippen molar-refractivity contribution < 1.29 is 23.6 Å². The second-order valence-electron chi connectivity index (χ2n) is 3.42. The highest BCUT2D eigenvalue weighted by molar-refractivity contribution is 5.94. The predicted octanol–water partition coefficient (Wildman–Crippen LogP) is 1.70. The number of nitrogens with zero attached hydrogens (tertiary/aromatic N) is 1. The molecule has 0 radical (unpaired) electrons. The first-order chi connectivity index (χ1) is 9.01. The molecule has 1 rings (SSSR count). The van der Waals surface area contributed by atoms with Gasteiger partial charge in [-0.05, 0) is 6.92 Å². The number of esters is 1. The Labute approximate surface area is 108 Å². The van der Waals surface area contributed by atoms with Crippen LogP contribution in [0.25, 0.3) is 0 Å². The van der Waals surface area contributed by atoms with Crippen LogP contribution in [0, 0.1) is 10.1 Å². The number of nitrogens with two attached hydrogens (primary N) is 1. The Kier molecular flexibility index (Phi) is 5.04. The van der Waals surface area contributed by atoms with Gasteiger partial charge in [-0.25, -0.2) is 9.18 Å². The van der Waals surface area contributed by atoms with Gasteiger partial charge >= 0.3 is 5.97 Å². The summed E-state index contributed by atoms with van der Waals surface area (Å²) in [4.78, 5) is 21.7. The molecule has 0 bridgehead atoms. The van der Waals surface area contributed by atoms with E-state index in [1.54, 1.807) is 6.92 Å². The van der Waals surface area contributed by atoms with E-state index in [4.69, 9.17) is 15.2 Å². The zero-order valence-electron chi connectivity index (χ0n) is 10.2. The SMILES string of the molecule is CCOC(=O)c1cc([N+](=O)[O-])c(N)cc1OCCF. The Bertz CT molecular complexity index is 492. The van der Waals surface area contributed by atoms with Gasteiger partial charge in [-0.2, -0.15) is 0 Å². The molecule has 0 atom stereocenters. The molecule has 7 nitrogen and oxygen atoms in total. The van der Waals surface area contributed by atoms with E-state index in [9.17, 15) is 19.3 Å². The van der Waals surface area contributed by atoms with E-state index in [0.29, 0.717) is 0 Å². The van der Waals surface area contributed by atoms with Gasteiger partial charge in [0, 0.05) is 12.1 Å². The Morgan fingerprint density at radius 2 is 2.21 bits per heavy atom. The summed E-state index contributed by atoms with van der Waals surface area (Å²) in [5, 5.41) is 10.8. The quantitative estimate of drug-likeness (QED) is 0.366. The van der Waals surface area contributed by atoms with Crippen molar-refractivity contribution in [3.8, 4) is 5.75 Å². The summed E-state index contributed by atoms with van der Waals surface area (Å²) >= 11 is 0. The van der Waals surface area contributed by atoms with E-state index in [1.807, 2.05) is 0 Å². The second kappa shape index (κ2) is 6.53. The van der Waals surface area contributed by atoms with Crippen molar-refractivity contribution in [2.24, 2.45) is 0 Å². The Morgan fingerprint density at radius 3 is 2.74 bits per heavy atom. The van der Waals surface area contributed by atoms with Crippen LogP contribution >= 0.6 is 0 Å². The molecule has 0 spiro atoms. The fourth-order valence-corrected chi connectivity index (χ4v) is 1.38. The number of carbonyl (C=O) groups excluding carboxylic acids is 1. The molecule has 104 valence electrons. The average Bonchev–Trinajstić information content (AvgIpc) is 2.36. The van der Waals surface area contributed by atoms with Crippen molar-refractivity contribution in [2.45, 2.75) is 6.92 Å². The molecule has 0 fully saturated rings. The molecule has 0 saturated carbocycles. The molecule has 0 aliphatic heterocycles. The lowest BCUT2D eigenvalue weighted by molar-refractivity contribution is -0.383. The topological polar surface area (TPSA) is 105 Å². The lowest BCUT2D eigenvalue weighted by Gasteiger charge is -2.10. The van der Waals surface area contributed by atoms with E-state index in [2.05, 4.69) is 0 Å². The van der Waals surface area contributed by atoms with Crippen LogP contribution in [0.3, 0.4) is 0 Å². The van der Waals surface area contributed by atoms with E-state index in [0.717, 1.165) is 12.1 Å². The van der Waals surface area contributed by atoms with Crippen LogP contribution in [0.15, 0.2) is 12.1 Å². The number of ether oxygens (including phenoxy) is 2. The number of nitro benzene ring substituents is 1. The number of benzene rings is 1. The van der Waals surface area contributed by atoms with Crippen LogP contribution in [0.5, 0.6) is 5.75 Å². The largest absolute Gasteiger partial charge is 0.490 e. The summed E-state index contributed by atoms with van der Waals surface area (Å²) in [6.45, 7) is 0.633. The van der Waals surface area contributed by atoms with Crippen LogP contribution in [0.4, 0.5) is 15.8 Å². The van der Waals surface area contributed by atoms with Crippen molar-refractivity contribution in [3.05, 3.63) is 27.8 Å². The molecule has 0 aromatic heterocycles. The molecule has 0 saturated heterocycles. The van der Waals surface area contributed by atoms with Gasteiger partial charge in [0.2, 0.25) is 0 Å². The molecular formula is C11H13FN2O5. The molecule has 0 aliphatic carbocycles. The van der Waals surface area contributed by atoms with Gasteiger partial charge in [-0.3, -0.25) is 10.1 Å². The minimum Gasteiger partial charge on any atom is -0.490 e. The van der Waals surface area contributed by atoms with Gasteiger partial charge in [-0.15, -0.1) is 0 Å². The van der Waals surface area contributed by atoms with E-state index < -0.39 is 23.3 Å². The van der Waals surface area contributed by atoms with Crippen LogP contribution in [-0.4, -0.2) is 30.8 Å². The van der Waals surface area contributed by atoms with Gasteiger partial charge in [-0.1, -0.05) is 0 Å². The molecule has 0 heterocycles. The maximum absolute atomic E-state index is 12.1. The monoisotopic (exact) mass is 272 g/mol. The van der Waals surface area contributed by atoms with E-state index in [-0.39, 0.29) is 30.2 Å². The maximum atomic E-state index is 12.1. The number of carbonyl (C=O) groups is 1. The Balaban J connectivity index is 3.24. The van der Waals surface area contributed by atoms with Crippen LogP contribution in [0.2, 0.25) is 0 Å². The molecule has 1 aromatic rings. The molecule has 1 aromatic carbocycles. The smallest absolute Gasteiger partial charge is 0.342 e. The molecular weight excluding hydrogens is 259 g/mol. The molecule has 0 aliphatic rings. The number of hydrogen-bond acceptors (Lipinski definition) is 6. The Morgan fingerprint density at radius 1 is 1.53 bits per heavy atom. The lowest BCUT2D eigenvalue weighted by Crippen LogP contribution is -2.11. The van der Waals surface area contributed by atoms with Crippen molar-refractivity contribution in [1.82, 2.24) is 0 Å². The molecule has 19 heavy (non-hydrogen) atoms. The van der Waals surface area contributed by atoms with Gasteiger partial charge in [0.25, 0.3) is 5.69 Å². The third kappa shape index (κ3) is 3.54. The summed E-state index contributed by atoms with van der Waals surface area (Å²) < 4.78 is 21.8. The van der Waals surface area contributed by atoms with Crippen molar-refractivity contribution in [3.63, 3.8) is 0 Å². The number of halogens is 1. The minimum absolute atomic E-state index is 0.0424. The lowest BCUT2D eigenvalue weighted by atomic mass is 10.1. The maximum Gasteiger partial charge on any atom is 0.342 e. The van der Waals surface area contributed by atoms with Crippen molar-refractivity contribution >= 4 is 17.3 Å². The van der Waals surface area contributed by atoms with E-state index >= 15 is 0 Å². The number of nitrogen functional groups attached to an aromatic ring is 1. The highest BCUT2D eigenvalue weighted by atomic mass is 19.1. The summed E-state index contributed by atoms with van der Waals surface area (Å²) in [5.41, 5.74) is 4.70. The standard InChI is InChI=1S/C11H13FN2O5/c1-2-18-11(15)7-5-9(14(16)17)8(13)6-10(7)19-4-3-12/h5-6H,2-4,13H2,1H3. The van der Waals surface area contributed by atoms with Gasteiger partial charge < -0.3 is 15.2 Å². The fraction of sp³-hybridized carbons (Fsp3) is 0.364. The first-order valence-corrected chi connectivity index (χ1v) is 5.45. The zero-order valence-corrected chi connectivity index (χ0v) is 10.2. The zero-order chi connectivity index (χ0) is 14.4. The third-order valence-electron chi connectivity index (χ3n) is 2.16. The highest BCUT2D eigenvalue weighted by Crippen LogP contribution is 2.31. The number of hydrogen-bond donors (Lipinski definition) is 1. The van der Waals surface area contributed by atoms with Gasteiger partial charge in [0.1, 0.15) is 30.3 Å². The average molecular weight is 272 g/mol. The van der Waals surface area contributed by atoms with Gasteiger partial charge in [0.15, 0.2) is 0 Å². The second-order valence-corrected chi connectivity index (χ2v) is 3.42. The van der Waals surface area contributed by atoms with Crippen molar-refractivity contribution in [1.29, 1.82) is 0 Å². The highest BCUT2D eigenvalue weighted by Gasteiger charge is 2.22. The molecule has 0 amide bonds. The first kappa shape index (κ1) is 14.7. The van der Waals surface area contributed by atoms with E-state index in [1.165, 1.54) is 0 Å². The normalized spacial score (nSPS) is 10.0. The summed E-state index contributed by atoms with van der Waals surface area (Å²) in [6, 6.07) is 2.07. The van der Waals surface area contributed by atoms with Crippen LogP contribution in [-0.2, 0) is 4.74 Å². The molecule has 0 unspecified atom stereocenters. The Hall–Kier alpha value is -2.38. The summed E-state index contributed by atoms with van der Waals surface area (Å²) in [7, 11) is 0. The fourth-order valence-electron chi connectivity index (χ4n) is 1.38. The molecule has 2 N–H and O–H groups in total. The number of nitro groups is 1. The summed E-state index contributed by atoms with van der Waals surface area (Å²) in [6.07, 6.45) is 0. The third-order valence-corrected chi connectivity index (χ3v) is 2.16. The number of alkyl halides is 1. The number of rotatable bonds is 6. The number of anilines is 1. The first-order valence-electron chi connectivity index (χ1n) is 5.45. The van der Waals surface area contributed by atoms with Crippen molar-refractivity contribution in [2.75, 3.05) is 25.6 Å². The minimum atomic E-state index is -0.792.